The minimum absolute atomic E-state index is 0.366. The molecule has 1 N–H and O–H groups in total. The highest BCUT2D eigenvalue weighted by Crippen LogP contribution is 2.23. The zero-order chi connectivity index (χ0) is 17.1. The Hall–Kier alpha value is -2.37. The number of esters is 1. The highest BCUT2D eigenvalue weighted by molar-refractivity contribution is 7.17. The molecule has 0 fully saturated rings. The number of benzene rings is 2. The Labute approximate surface area is 148 Å². The molecule has 0 radical (unpaired) electrons. The van der Waals surface area contributed by atoms with Gasteiger partial charge >= 0.3 is 5.97 Å². The van der Waals surface area contributed by atoms with Gasteiger partial charge in [0.25, 0.3) is 5.91 Å². The third-order valence-electron chi connectivity index (χ3n) is 3.44. The van der Waals surface area contributed by atoms with E-state index in [2.05, 4.69) is 5.32 Å². The molecule has 0 saturated heterocycles. The standard InChI is InChI=1S/C18H14ClNO3S/c1-11(23-18(22)15-8-9-16(19)24-15)17(21)20-14-7-6-12-4-2-3-5-13(12)10-14/h2-11H,1H3,(H,20,21)/t11-/m0/s1. The van der Waals surface area contributed by atoms with Crippen LogP contribution < -0.4 is 5.32 Å². The number of hydrogen-bond acceptors (Lipinski definition) is 4. The van der Waals surface area contributed by atoms with Gasteiger partial charge in [-0.05, 0) is 42.0 Å². The first kappa shape index (κ1) is 16.5. The van der Waals surface area contributed by atoms with Crippen molar-refractivity contribution >= 4 is 51.3 Å². The van der Waals surface area contributed by atoms with Crippen LogP contribution >= 0.6 is 22.9 Å². The van der Waals surface area contributed by atoms with Crippen LogP contribution in [-0.2, 0) is 9.53 Å². The normalized spacial score (nSPS) is 11.9. The maximum Gasteiger partial charge on any atom is 0.349 e. The Kier molecular flexibility index (Phi) is 4.83. The second kappa shape index (κ2) is 7.03. The number of nitrogens with one attached hydrogen (secondary N) is 1. The Balaban J connectivity index is 1.65. The zero-order valence-electron chi connectivity index (χ0n) is 12.8. The van der Waals surface area contributed by atoms with E-state index in [1.54, 1.807) is 12.1 Å². The van der Waals surface area contributed by atoms with E-state index in [9.17, 15) is 9.59 Å². The minimum Gasteiger partial charge on any atom is -0.448 e. The molecule has 6 heteroatoms. The smallest absolute Gasteiger partial charge is 0.349 e. The van der Waals surface area contributed by atoms with Gasteiger partial charge in [-0.1, -0.05) is 41.9 Å². The van der Waals surface area contributed by atoms with Crippen molar-refractivity contribution in [3.63, 3.8) is 0 Å². The van der Waals surface area contributed by atoms with Gasteiger partial charge < -0.3 is 10.1 Å². The van der Waals surface area contributed by atoms with E-state index >= 15 is 0 Å². The molecule has 0 aliphatic heterocycles. The van der Waals surface area contributed by atoms with E-state index < -0.39 is 12.1 Å². The number of fused-ring (bicyclic) bond motifs is 1. The van der Waals surface area contributed by atoms with Gasteiger partial charge in [-0.15, -0.1) is 11.3 Å². The molecule has 0 unspecified atom stereocenters. The number of ether oxygens (including phenoxy) is 1. The average molecular weight is 360 g/mol. The van der Waals surface area contributed by atoms with Crippen LogP contribution in [0.3, 0.4) is 0 Å². The van der Waals surface area contributed by atoms with Gasteiger partial charge in [0.1, 0.15) is 4.88 Å². The summed E-state index contributed by atoms with van der Waals surface area (Å²) in [5.74, 6) is -0.950. The summed E-state index contributed by atoms with van der Waals surface area (Å²) >= 11 is 6.90. The van der Waals surface area contributed by atoms with Crippen molar-refractivity contribution in [2.75, 3.05) is 5.32 Å². The highest BCUT2D eigenvalue weighted by Gasteiger charge is 2.20. The molecule has 1 aromatic heterocycles. The first-order valence-electron chi connectivity index (χ1n) is 7.29. The Morgan fingerprint density at radius 1 is 1.08 bits per heavy atom. The van der Waals surface area contributed by atoms with Gasteiger partial charge in [-0.2, -0.15) is 0 Å². The zero-order valence-corrected chi connectivity index (χ0v) is 14.4. The lowest BCUT2D eigenvalue weighted by Crippen LogP contribution is -2.29. The number of hydrogen-bond donors (Lipinski definition) is 1. The number of halogens is 1. The summed E-state index contributed by atoms with van der Waals surface area (Å²) < 4.78 is 5.67. The monoisotopic (exact) mass is 359 g/mol. The molecule has 2 aromatic carbocycles. The number of rotatable bonds is 4. The van der Waals surface area contributed by atoms with Crippen molar-refractivity contribution in [2.45, 2.75) is 13.0 Å². The fraction of sp³-hybridized carbons (Fsp3) is 0.111. The number of anilines is 1. The topological polar surface area (TPSA) is 55.4 Å². The van der Waals surface area contributed by atoms with E-state index in [-0.39, 0.29) is 5.91 Å². The summed E-state index contributed by atoms with van der Waals surface area (Å²) in [6.45, 7) is 1.53. The highest BCUT2D eigenvalue weighted by atomic mass is 35.5. The molecule has 0 aliphatic rings. The van der Waals surface area contributed by atoms with Crippen LogP contribution in [0.25, 0.3) is 10.8 Å². The summed E-state index contributed by atoms with van der Waals surface area (Å²) in [5.41, 5.74) is 0.653. The van der Waals surface area contributed by atoms with Crippen LogP contribution in [0.2, 0.25) is 4.34 Å². The van der Waals surface area contributed by atoms with Crippen LogP contribution in [0.15, 0.2) is 54.6 Å². The summed E-state index contributed by atoms with van der Waals surface area (Å²) in [4.78, 5) is 24.5. The molecule has 122 valence electrons. The van der Waals surface area contributed by atoms with E-state index in [0.717, 1.165) is 22.1 Å². The lowest BCUT2D eigenvalue weighted by Gasteiger charge is -2.13. The molecule has 24 heavy (non-hydrogen) atoms. The first-order valence-corrected chi connectivity index (χ1v) is 8.48. The summed E-state index contributed by atoms with van der Waals surface area (Å²) in [5, 5.41) is 4.87. The summed E-state index contributed by atoms with van der Waals surface area (Å²) in [7, 11) is 0. The van der Waals surface area contributed by atoms with Crippen LogP contribution in [0.5, 0.6) is 0 Å². The van der Waals surface area contributed by atoms with Gasteiger partial charge in [-0.3, -0.25) is 4.79 Å². The quantitative estimate of drug-likeness (QED) is 0.684. The fourth-order valence-electron chi connectivity index (χ4n) is 2.21. The molecular weight excluding hydrogens is 346 g/mol. The predicted octanol–water partition coefficient (Wildman–Crippen LogP) is 4.74. The molecule has 4 nitrogen and oxygen atoms in total. The van der Waals surface area contributed by atoms with Gasteiger partial charge in [0.15, 0.2) is 6.10 Å². The van der Waals surface area contributed by atoms with Crippen molar-refractivity contribution in [2.24, 2.45) is 0 Å². The number of amides is 1. The van der Waals surface area contributed by atoms with Gasteiger partial charge in [0.2, 0.25) is 0 Å². The number of thiophene rings is 1. The first-order chi connectivity index (χ1) is 11.5. The van der Waals surface area contributed by atoms with Crippen molar-refractivity contribution < 1.29 is 14.3 Å². The van der Waals surface area contributed by atoms with Gasteiger partial charge in [-0.25, -0.2) is 4.79 Å². The Morgan fingerprint density at radius 2 is 1.83 bits per heavy atom. The number of carbonyl (C=O) groups is 2. The van der Waals surface area contributed by atoms with E-state index in [1.807, 2.05) is 42.5 Å². The molecule has 0 saturated carbocycles. The molecule has 1 atom stereocenters. The molecular formula is C18H14ClNO3S. The molecule has 3 rings (SSSR count). The van der Waals surface area contributed by atoms with Crippen molar-refractivity contribution in [1.82, 2.24) is 0 Å². The maximum absolute atomic E-state index is 12.2. The van der Waals surface area contributed by atoms with Crippen LogP contribution in [-0.4, -0.2) is 18.0 Å². The third kappa shape index (κ3) is 3.75. The van der Waals surface area contributed by atoms with Crippen molar-refractivity contribution in [3.05, 3.63) is 63.8 Å². The molecule has 0 aliphatic carbocycles. The third-order valence-corrected chi connectivity index (χ3v) is 4.66. The molecule has 3 aromatic rings. The predicted molar refractivity (Wildman–Crippen MR) is 96.8 cm³/mol. The van der Waals surface area contributed by atoms with E-state index in [1.165, 1.54) is 6.92 Å². The lowest BCUT2D eigenvalue weighted by atomic mass is 10.1. The van der Waals surface area contributed by atoms with E-state index in [4.69, 9.17) is 16.3 Å². The Bertz CT molecular complexity index is 906. The molecule has 0 spiro atoms. The second-order valence-corrected chi connectivity index (χ2v) is 6.92. The van der Waals surface area contributed by atoms with Crippen LogP contribution in [0.4, 0.5) is 5.69 Å². The van der Waals surface area contributed by atoms with Crippen molar-refractivity contribution in [1.29, 1.82) is 0 Å². The molecule has 1 heterocycles. The van der Waals surface area contributed by atoms with Crippen molar-refractivity contribution in [3.8, 4) is 0 Å². The van der Waals surface area contributed by atoms with Crippen LogP contribution in [0.1, 0.15) is 16.6 Å². The fourth-order valence-corrected chi connectivity index (χ4v) is 3.13. The second-order valence-electron chi connectivity index (χ2n) is 5.20. The van der Waals surface area contributed by atoms with Gasteiger partial charge in [0, 0.05) is 5.69 Å². The Morgan fingerprint density at radius 3 is 2.54 bits per heavy atom. The minimum atomic E-state index is -0.912. The lowest BCUT2D eigenvalue weighted by molar-refractivity contribution is -0.123. The molecule has 0 bridgehead atoms. The average Bonchev–Trinajstić information content (AvgIpc) is 3.01. The summed E-state index contributed by atoms with van der Waals surface area (Å²) in [6.07, 6.45) is -0.912. The summed E-state index contributed by atoms with van der Waals surface area (Å²) in [6, 6.07) is 16.7. The maximum atomic E-state index is 12.2. The SMILES string of the molecule is C[C@H](OC(=O)c1ccc(Cl)s1)C(=O)Nc1ccc2ccccc2c1. The molecule has 1 amide bonds. The van der Waals surface area contributed by atoms with Crippen LogP contribution in [0, 0.1) is 0 Å². The van der Waals surface area contributed by atoms with Gasteiger partial charge in [0.05, 0.1) is 4.34 Å². The number of carbonyl (C=O) groups excluding carboxylic acids is 2. The largest absolute Gasteiger partial charge is 0.448 e. The van der Waals surface area contributed by atoms with E-state index in [0.29, 0.717) is 14.9 Å².